The predicted octanol–water partition coefficient (Wildman–Crippen LogP) is 0.906. The van der Waals surface area contributed by atoms with Crippen LogP contribution in [0.5, 0.6) is 0 Å². The molecule has 0 radical (unpaired) electrons. The van der Waals surface area contributed by atoms with Gasteiger partial charge in [0, 0.05) is 14.7 Å². The van der Waals surface area contributed by atoms with Crippen molar-refractivity contribution in [3.63, 3.8) is 0 Å². The van der Waals surface area contributed by atoms with Crippen molar-refractivity contribution >= 4 is 8.07 Å². The molecule has 0 saturated carbocycles. The largest absolute Gasteiger partial charge is 0.358 e. The molecule has 0 aromatic carbocycles. The van der Waals surface area contributed by atoms with Crippen molar-refractivity contribution in [2.45, 2.75) is 25.7 Å². The molecule has 1 heterocycles. The molecule has 0 aliphatic carbocycles. The van der Waals surface area contributed by atoms with Crippen LogP contribution >= 0.6 is 0 Å². The molecule has 0 amide bonds. The average Bonchev–Trinajstić information content (AvgIpc) is 2.48. The lowest BCUT2D eigenvalue weighted by Crippen LogP contribution is -2.37. The lowest BCUT2D eigenvalue weighted by atomic mass is 10.8. The van der Waals surface area contributed by atoms with E-state index in [-0.39, 0.29) is 0 Å². The van der Waals surface area contributed by atoms with Crippen LogP contribution < -0.4 is 11.1 Å². The van der Waals surface area contributed by atoms with E-state index in [1.54, 1.807) is 0 Å². The highest BCUT2D eigenvalue weighted by Gasteiger charge is 2.12. The van der Waals surface area contributed by atoms with Gasteiger partial charge in [0.1, 0.15) is 0 Å². The van der Waals surface area contributed by atoms with Gasteiger partial charge in [-0.1, -0.05) is 19.6 Å². The molecule has 2 N–H and O–H groups in total. The van der Waals surface area contributed by atoms with Gasteiger partial charge in [0.2, 0.25) is 0 Å². The van der Waals surface area contributed by atoms with Crippen molar-refractivity contribution in [3.05, 3.63) is 0 Å². The number of hydrazine groups is 2. The van der Waals surface area contributed by atoms with Crippen LogP contribution in [0.2, 0.25) is 25.7 Å². The highest BCUT2D eigenvalue weighted by Crippen LogP contribution is 2.07. The highest BCUT2D eigenvalue weighted by molar-refractivity contribution is 6.76. The first kappa shape index (κ1) is 10.4. The van der Waals surface area contributed by atoms with E-state index >= 15 is 0 Å². The number of rotatable bonds is 5. The SMILES string of the molecule is C[Si](C)(C)CCOCN1N=NNN1. The Morgan fingerprint density at radius 2 is 2.15 bits per heavy atom. The minimum atomic E-state index is -0.968. The van der Waals surface area contributed by atoms with Crippen LogP contribution in [0.15, 0.2) is 10.4 Å². The lowest BCUT2D eigenvalue weighted by Gasteiger charge is -2.16. The topological polar surface area (TPSA) is 61.2 Å². The molecule has 0 saturated heterocycles. The summed E-state index contributed by atoms with van der Waals surface area (Å²) in [7, 11) is -0.968. The van der Waals surface area contributed by atoms with E-state index in [2.05, 4.69) is 41.2 Å². The Bertz CT molecular complexity index is 180. The van der Waals surface area contributed by atoms with Gasteiger partial charge in [-0.2, -0.15) is 5.12 Å². The van der Waals surface area contributed by atoms with E-state index < -0.39 is 8.07 Å². The van der Waals surface area contributed by atoms with Crippen LogP contribution in [-0.2, 0) is 4.74 Å². The van der Waals surface area contributed by atoms with E-state index in [9.17, 15) is 0 Å². The number of ether oxygens (including phenoxy) is 1. The number of hydrogen-bond donors (Lipinski definition) is 2. The maximum Gasteiger partial charge on any atom is 0.155 e. The van der Waals surface area contributed by atoms with Crippen LogP contribution in [-0.4, -0.2) is 26.5 Å². The monoisotopic (exact) mass is 203 g/mol. The van der Waals surface area contributed by atoms with Gasteiger partial charge >= 0.3 is 0 Å². The first-order chi connectivity index (χ1) is 6.08. The summed E-state index contributed by atoms with van der Waals surface area (Å²) in [5.41, 5.74) is 5.18. The molecule has 6 nitrogen and oxygen atoms in total. The quantitative estimate of drug-likeness (QED) is 0.515. The molecular formula is C6H17N5OSi. The Morgan fingerprint density at radius 1 is 1.38 bits per heavy atom. The summed E-state index contributed by atoms with van der Waals surface area (Å²) in [5.74, 6) is 0. The molecular weight excluding hydrogens is 186 g/mol. The van der Waals surface area contributed by atoms with Crippen molar-refractivity contribution in [1.29, 1.82) is 0 Å². The van der Waals surface area contributed by atoms with Crippen LogP contribution in [0.3, 0.4) is 0 Å². The molecule has 0 aromatic heterocycles. The van der Waals surface area contributed by atoms with E-state index in [0.29, 0.717) is 6.73 Å². The van der Waals surface area contributed by atoms with Gasteiger partial charge in [0.05, 0.1) is 0 Å². The Kier molecular flexibility index (Phi) is 3.64. The molecule has 1 aliphatic heterocycles. The third-order valence-corrected chi connectivity index (χ3v) is 3.30. The Morgan fingerprint density at radius 3 is 2.69 bits per heavy atom. The van der Waals surface area contributed by atoms with E-state index in [1.165, 1.54) is 11.2 Å². The number of nitrogens with one attached hydrogen (secondary N) is 2. The van der Waals surface area contributed by atoms with E-state index in [4.69, 9.17) is 4.74 Å². The minimum absolute atomic E-state index is 0.432. The summed E-state index contributed by atoms with van der Waals surface area (Å²) >= 11 is 0. The van der Waals surface area contributed by atoms with Gasteiger partial charge in [-0.05, 0) is 16.5 Å². The molecule has 0 bridgehead atoms. The molecule has 7 heteroatoms. The third-order valence-electron chi connectivity index (χ3n) is 1.59. The molecule has 0 aromatic rings. The van der Waals surface area contributed by atoms with Crippen LogP contribution in [0.4, 0.5) is 0 Å². The molecule has 13 heavy (non-hydrogen) atoms. The van der Waals surface area contributed by atoms with Crippen molar-refractivity contribution < 1.29 is 4.74 Å². The summed E-state index contributed by atoms with van der Waals surface area (Å²) in [6.07, 6.45) is 0. The van der Waals surface area contributed by atoms with E-state index in [0.717, 1.165) is 6.61 Å². The van der Waals surface area contributed by atoms with Gasteiger partial charge in [0.25, 0.3) is 0 Å². The molecule has 76 valence electrons. The summed E-state index contributed by atoms with van der Waals surface area (Å²) in [6.45, 7) is 8.20. The molecule has 0 spiro atoms. The molecule has 1 aliphatic rings. The summed E-state index contributed by atoms with van der Waals surface area (Å²) in [4.78, 5) is 0. The van der Waals surface area contributed by atoms with Gasteiger partial charge in [-0.15, -0.1) is 5.53 Å². The molecule has 0 unspecified atom stereocenters. The first-order valence-corrected chi connectivity index (χ1v) is 8.05. The fourth-order valence-corrected chi connectivity index (χ4v) is 1.52. The number of nitrogens with zero attached hydrogens (tertiary/aromatic N) is 3. The molecule has 0 atom stereocenters. The van der Waals surface area contributed by atoms with Crippen molar-refractivity contribution in [2.75, 3.05) is 13.3 Å². The predicted molar refractivity (Wildman–Crippen MR) is 51.9 cm³/mol. The van der Waals surface area contributed by atoms with Crippen LogP contribution in [0.25, 0.3) is 0 Å². The fourth-order valence-electron chi connectivity index (χ4n) is 0.766. The summed E-state index contributed by atoms with van der Waals surface area (Å²) in [5, 5.41) is 8.71. The van der Waals surface area contributed by atoms with Crippen LogP contribution in [0, 0.1) is 0 Å². The van der Waals surface area contributed by atoms with E-state index in [1.807, 2.05) is 0 Å². The number of hydrogen-bond acceptors (Lipinski definition) is 6. The zero-order valence-electron chi connectivity index (χ0n) is 8.37. The zero-order valence-corrected chi connectivity index (χ0v) is 9.37. The third kappa shape index (κ3) is 4.81. The summed E-state index contributed by atoms with van der Waals surface area (Å²) < 4.78 is 5.40. The smallest absolute Gasteiger partial charge is 0.155 e. The first-order valence-electron chi connectivity index (χ1n) is 4.34. The average molecular weight is 203 g/mol. The Hall–Kier alpha value is -0.663. The normalized spacial score (nSPS) is 16.4. The van der Waals surface area contributed by atoms with Crippen molar-refractivity contribution in [1.82, 2.24) is 16.2 Å². The Balaban J connectivity index is 1.98. The fraction of sp³-hybridized carbons (Fsp3) is 1.00. The maximum atomic E-state index is 5.40. The summed E-state index contributed by atoms with van der Waals surface area (Å²) in [6, 6.07) is 1.17. The Labute approximate surface area is 79.2 Å². The second kappa shape index (κ2) is 4.54. The van der Waals surface area contributed by atoms with Gasteiger partial charge in [-0.25, -0.2) is 5.53 Å². The second-order valence-corrected chi connectivity index (χ2v) is 9.78. The molecule has 0 fully saturated rings. The standard InChI is InChI=1S/C6H17N5OSi/c1-13(2,3)5-4-12-6-11-9-7-8-10-11/h4-6H2,1-3H3,(H,7,10)(H,8,9). The molecule has 1 rings (SSSR count). The van der Waals surface area contributed by atoms with Gasteiger partial charge in [-0.3, -0.25) is 0 Å². The minimum Gasteiger partial charge on any atom is -0.358 e. The van der Waals surface area contributed by atoms with Crippen LogP contribution in [0.1, 0.15) is 0 Å². The zero-order chi connectivity index (χ0) is 9.73. The lowest BCUT2D eigenvalue weighted by molar-refractivity contribution is 0.00908. The van der Waals surface area contributed by atoms with Gasteiger partial charge in [0.15, 0.2) is 6.73 Å². The van der Waals surface area contributed by atoms with Crippen molar-refractivity contribution in [3.8, 4) is 0 Å². The second-order valence-electron chi connectivity index (χ2n) is 4.16. The highest BCUT2D eigenvalue weighted by atomic mass is 28.3. The maximum absolute atomic E-state index is 5.40. The van der Waals surface area contributed by atoms with Crippen molar-refractivity contribution in [2.24, 2.45) is 10.4 Å². The van der Waals surface area contributed by atoms with Gasteiger partial charge < -0.3 is 4.74 Å².